The zero-order valence-corrected chi connectivity index (χ0v) is 13.4. The monoisotopic (exact) mass is 291 g/mol. The summed E-state index contributed by atoms with van der Waals surface area (Å²) in [6.07, 6.45) is 6.01. The predicted molar refractivity (Wildman–Crippen MR) is 87.0 cm³/mol. The van der Waals surface area contributed by atoms with E-state index in [-0.39, 0.29) is 0 Å². The number of rotatable bonds is 9. The summed E-state index contributed by atoms with van der Waals surface area (Å²) < 4.78 is 11.1. The first-order valence-corrected chi connectivity index (χ1v) is 8.40. The van der Waals surface area contributed by atoms with Gasteiger partial charge in [0.25, 0.3) is 0 Å². The van der Waals surface area contributed by atoms with Crippen LogP contribution in [0.1, 0.15) is 38.2 Å². The number of hydrogen-bond donors (Lipinski definition) is 0. The number of aryl methyl sites for hydroxylation is 1. The van der Waals surface area contributed by atoms with Crippen LogP contribution in [-0.4, -0.2) is 44.4 Å². The number of hydrogen-bond acceptors (Lipinski definition) is 3. The van der Waals surface area contributed by atoms with Crippen molar-refractivity contribution in [1.82, 2.24) is 4.90 Å². The maximum Gasteiger partial charge on any atom is 0.119 e. The van der Waals surface area contributed by atoms with Crippen LogP contribution in [0.25, 0.3) is 0 Å². The van der Waals surface area contributed by atoms with Gasteiger partial charge in [0, 0.05) is 13.1 Å². The molecule has 1 fully saturated rings. The van der Waals surface area contributed by atoms with Crippen molar-refractivity contribution in [2.24, 2.45) is 0 Å². The molecule has 0 saturated carbocycles. The highest BCUT2D eigenvalue weighted by Gasteiger charge is 2.09. The third-order valence-corrected chi connectivity index (χ3v) is 3.98. The molecule has 1 heterocycles. The molecule has 0 atom stereocenters. The van der Waals surface area contributed by atoms with Crippen molar-refractivity contribution in [2.45, 2.75) is 39.0 Å². The highest BCUT2D eigenvalue weighted by Crippen LogP contribution is 2.14. The summed E-state index contributed by atoms with van der Waals surface area (Å²) in [6, 6.07) is 8.62. The van der Waals surface area contributed by atoms with Gasteiger partial charge in [-0.3, -0.25) is 4.90 Å². The largest absolute Gasteiger partial charge is 0.494 e. The summed E-state index contributed by atoms with van der Waals surface area (Å²) in [6.45, 7) is 8.19. The highest BCUT2D eigenvalue weighted by molar-refractivity contribution is 5.27. The van der Waals surface area contributed by atoms with E-state index in [0.29, 0.717) is 0 Å². The summed E-state index contributed by atoms with van der Waals surface area (Å²) in [4.78, 5) is 2.49. The van der Waals surface area contributed by atoms with Crippen LogP contribution in [0.15, 0.2) is 24.3 Å². The Balaban J connectivity index is 1.62. The maximum absolute atomic E-state index is 5.74. The number of nitrogens with zero attached hydrogens (tertiary/aromatic N) is 1. The molecule has 0 amide bonds. The van der Waals surface area contributed by atoms with E-state index in [1.54, 1.807) is 0 Å². The van der Waals surface area contributed by atoms with E-state index in [9.17, 15) is 0 Å². The molecule has 1 aliphatic rings. The van der Waals surface area contributed by atoms with E-state index in [1.807, 2.05) is 0 Å². The molecule has 0 unspecified atom stereocenters. The van der Waals surface area contributed by atoms with Gasteiger partial charge in [-0.05, 0) is 43.5 Å². The van der Waals surface area contributed by atoms with Gasteiger partial charge in [-0.15, -0.1) is 0 Å². The zero-order chi connectivity index (χ0) is 14.8. The van der Waals surface area contributed by atoms with Gasteiger partial charge < -0.3 is 9.47 Å². The van der Waals surface area contributed by atoms with E-state index in [1.165, 1.54) is 31.4 Å². The lowest BCUT2D eigenvalue weighted by Gasteiger charge is -2.26. The molecule has 0 N–H and O–H groups in total. The second-order valence-electron chi connectivity index (χ2n) is 5.76. The Kier molecular flexibility index (Phi) is 7.61. The second-order valence-corrected chi connectivity index (χ2v) is 5.76. The van der Waals surface area contributed by atoms with Crippen molar-refractivity contribution in [2.75, 3.05) is 39.5 Å². The number of morpholine rings is 1. The van der Waals surface area contributed by atoms with E-state index in [0.717, 1.165) is 51.5 Å². The minimum Gasteiger partial charge on any atom is -0.494 e. The van der Waals surface area contributed by atoms with Crippen LogP contribution in [0.4, 0.5) is 0 Å². The van der Waals surface area contributed by atoms with Crippen LogP contribution >= 0.6 is 0 Å². The molecule has 21 heavy (non-hydrogen) atoms. The van der Waals surface area contributed by atoms with Gasteiger partial charge in [0.2, 0.25) is 0 Å². The van der Waals surface area contributed by atoms with Crippen LogP contribution in [0.3, 0.4) is 0 Å². The first-order chi connectivity index (χ1) is 10.4. The molecule has 0 aromatic heterocycles. The second kappa shape index (κ2) is 9.80. The van der Waals surface area contributed by atoms with Crippen LogP contribution in [-0.2, 0) is 11.2 Å². The Labute approximate surface area is 129 Å². The van der Waals surface area contributed by atoms with Crippen LogP contribution in [0, 0.1) is 0 Å². The number of benzene rings is 1. The molecule has 0 spiro atoms. The topological polar surface area (TPSA) is 21.7 Å². The Morgan fingerprint density at radius 2 is 1.81 bits per heavy atom. The van der Waals surface area contributed by atoms with E-state index < -0.39 is 0 Å². The van der Waals surface area contributed by atoms with Gasteiger partial charge in [-0.1, -0.05) is 31.9 Å². The van der Waals surface area contributed by atoms with E-state index in [2.05, 4.69) is 36.1 Å². The molecule has 0 radical (unpaired) electrons. The van der Waals surface area contributed by atoms with Gasteiger partial charge in [-0.25, -0.2) is 0 Å². The average molecular weight is 291 g/mol. The number of unbranched alkanes of at least 4 members (excludes halogenated alkanes) is 2. The van der Waals surface area contributed by atoms with Gasteiger partial charge in [0.05, 0.1) is 19.8 Å². The summed E-state index contributed by atoms with van der Waals surface area (Å²) in [5, 5.41) is 0. The quantitative estimate of drug-likeness (QED) is 0.650. The summed E-state index contributed by atoms with van der Waals surface area (Å²) in [5.74, 6) is 1.00. The Morgan fingerprint density at radius 1 is 1.05 bits per heavy atom. The molecule has 0 bridgehead atoms. The lowest BCUT2D eigenvalue weighted by Crippen LogP contribution is -2.36. The molecule has 118 valence electrons. The molecular weight excluding hydrogens is 262 g/mol. The lowest BCUT2D eigenvalue weighted by atomic mass is 10.1. The summed E-state index contributed by atoms with van der Waals surface area (Å²) in [5.41, 5.74) is 1.41. The van der Waals surface area contributed by atoms with E-state index in [4.69, 9.17) is 9.47 Å². The van der Waals surface area contributed by atoms with E-state index >= 15 is 0 Å². The normalized spacial score (nSPS) is 16.0. The molecule has 1 aliphatic heterocycles. The molecule has 1 saturated heterocycles. The van der Waals surface area contributed by atoms with Crippen molar-refractivity contribution in [1.29, 1.82) is 0 Å². The SMILES string of the molecule is CCCCCOc1ccc(CCCN2CCOCC2)cc1. The Hall–Kier alpha value is -1.06. The fourth-order valence-electron chi connectivity index (χ4n) is 2.63. The Morgan fingerprint density at radius 3 is 2.52 bits per heavy atom. The predicted octanol–water partition coefficient (Wildman–Crippen LogP) is 3.52. The molecule has 1 aromatic rings. The molecule has 1 aromatic carbocycles. The summed E-state index contributed by atoms with van der Waals surface area (Å²) >= 11 is 0. The van der Waals surface area contributed by atoms with Gasteiger partial charge in [0.1, 0.15) is 5.75 Å². The van der Waals surface area contributed by atoms with Crippen LogP contribution in [0.5, 0.6) is 5.75 Å². The highest BCUT2D eigenvalue weighted by atomic mass is 16.5. The minimum atomic E-state index is 0.838. The van der Waals surface area contributed by atoms with Crippen LogP contribution in [0.2, 0.25) is 0 Å². The average Bonchev–Trinajstić information content (AvgIpc) is 2.54. The molecule has 2 rings (SSSR count). The van der Waals surface area contributed by atoms with Crippen molar-refractivity contribution in [3.8, 4) is 5.75 Å². The first-order valence-electron chi connectivity index (χ1n) is 8.40. The maximum atomic E-state index is 5.74. The zero-order valence-electron chi connectivity index (χ0n) is 13.4. The molecular formula is C18H29NO2. The number of ether oxygens (including phenoxy) is 2. The molecule has 0 aliphatic carbocycles. The van der Waals surface area contributed by atoms with Gasteiger partial charge in [-0.2, -0.15) is 0 Å². The van der Waals surface area contributed by atoms with Crippen LogP contribution < -0.4 is 4.74 Å². The minimum absolute atomic E-state index is 0.838. The fraction of sp³-hybridized carbons (Fsp3) is 0.667. The third-order valence-electron chi connectivity index (χ3n) is 3.98. The Bertz CT molecular complexity index is 371. The first kappa shape index (κ1) is 16.3. The van der Waals surface area contributed by atoms with Crippen molar-refractivity contribution in [3.05, 3.63) is 29.8 Å². The standard InChI is InChI=1S/C18H29NO2/c1-2-3-4-14-21-18-9-7-17(8-10-18)6-5-11-19-12-15-20-16-13-19/h7-10H,2-6,11-16H2,1H3. The fourth-order valence-corrected chi connectivity index (χ4v) is 2.63. The van der Waals surface area contributed by atoms with Crippen molar-refractivity contribution >= 4 is 0 Å². The lowest BCUT2D eigenvalue weighted by molar-refractivity contribution is 0.0374. The van der Waals surface area contributed by atoms with Gasteiger partial charge >= 0.3 is 0 Å². The third kappa shape index (κ3) is 6.49. The molecule has 3 nitrogen and oxygen atoms in total. The summed E-state index contributed by atoms with van der Waals surface area (Å²) in [7, 11) is 0. The van der Waals surface area contributed by atoms with Crippen molar-refractivity contribution < 1.29 is 9.47 Å². The molecule has 3 heteroatoms. The smallest absolute Gasteiger partial charge is 0.119 e. The van der Waals surface area contributed by atoms with Gasteiger partial charge in [0.15, 0.2) is 0 Å². The van der Waals surface area contributed by atoms with Crippen molar-refractivity contribution in [3.63, 3.8) is 0 Å².